The van der Waals surface area contributed by atoms with Gasteiger partial charge in [-0.2, -0.15) is 5.10 Å². The SMILES string of the molecule is CC(C)CNc1cnn(CCOCCO)c1. The highest BCUT2D eigenvalue weighted by molar-refractivity contribution is 5.37. The van der Waals surface area contributed by atoms with Crippen molar-refractivity contribution >= 4 is 5.69 Å². The van der Waals surface area contributed by atoms with Gasteiger partial charge in [-0.05, 0) is 5.92 Å². The number of rotatable bonds is 8. The Labute approximate surface area is 96.4 Å². The Morgan fingerprint density at radius 3 is 3.00 bits per heavy atom. The molecule has 1 rings (SSSR count). The fourth-order valence-corrected chi connectivity index (χ4v) is 1.22. The molecule has 0 unspecified atom stereocenters. The van der Waals surface area contributed by atoms with Crippen LogP contribution in [0, 0.1) is 5.92 Å². The van der Waals surface area contributed by atoms with Crippen molar-refractivity contribution in [3.05, 3.63) is 12.4 Å². The second-order valence-electron chi connectivity index (χ2n) is 4.10. The number of nitrogens with zero attached hydrogens (tertiary/aromatic N) is 2. The van der Waals surface area contributed by atoms with Crippen LogP contribution in [0.4, 0.5) is 5.69 Å². The van der Waals surface area contributed by atoms with Gasteiger partial charge in [0.1, 0.15) is 0 Å². The van der Waals surface area contributed by atoms with Crippen LogP contribution in [0.25, 0.3) is 0 Å². The van der Waals surface area contributed by atoms with Crippen LogP contribution in [0.1, 0.15) is 13.8 Å². The third-order valence-corrected chi connectivity index (χ3v) is 2.05. The fourth-order valence-electron chi connectivity index (χ4n) is 1.22. The van der Waals surface area contributed by atoms with Crippen molar-refractivity contribution in [1.29, 1.82) is 0 Å². The zero-order valence-corrected chi connectivity index (χ0v) is 10.0. The Morgan fingerprint density at radius 1 is 1.50 bits per heavy atom. The molecule has 16 heavy (non-hydrogen) atoms. The molecule has 92 valence electrons. The predicted molar refractivity (Wildman–Crippen MR) is 63.5 cm³/mol. The second kappa shape index (κ2) is 7.24. The van der Waals surface area contributed by atoms with Crippen LogP contribution in [0.15, 0.2) is 12.4 Å². The van der Waals surface area contributed by atoms with E-state index in [0.717, 1.165) is 12.2 Å². The maximum absolute atomic E-state index is 8.53. The highest BCUT2D eigenvalue weighted by Gasteiger charge is 1.99. The topological polar surface area (TPSA) is 59.3 Å². The summed E-state index contributed by atoms with van der Waals surface area (Å²) in [5.74, 6) is 0.622. The van der Waals surface area contributed by atoms with Gasteiger partial charge in [-0.15, -0.1) is 0 Å². The molecular weight excluding hydrogens is 206 g/mol. The molecule has 0 atom stereocenters. The van der Waals surface area contributed by atoms with Crippen LogP contribution in [0.2, 0.25) is 0 Å². The van der Waals surface area contributed by atoms with Crippen LogP contribution in [0.3, 0.4) is 0 Å². The van der Waals surface area contributed by atoms with Crippen molar-refractivity contribution in [2.24, 2.45) is 5.92 Å². The van der Waals surface area contributed by atoms with E-state index in [4.69, 9.17) is 9.84 Å². The number of hydrogen-bond acceptors (Lipinski definition) is 4. The minimum atomic E-state index is 0.0697. The molecule has 0 aliphatic rings. The molecule has 5 nitrogen and oxygen atoms in total. The molecule has 0 fully saturated rings. The number of anilines is 1. The Kier molecular flexibility index (Phi) is 5.88. The van der Waals surface area contributed by atoms with Crippen molar-refractivity contribution in [3.63, 3.8) is 0 Å². The summed E-state index contributed by atoms with van der Waals surface area (Å²) in [4.78, 5) is 0. The fraction of sp³-hybridized carbons (Fsp3) is 0.727. The minimum absolute atomic E-state index is 0.0697. The van der Waals surface area contributed by atoms with Gasteiger partial charge in [-0.1, -0.05) is 13.8 Å². The summed E-state index contributed by atoms with van der Waals surface area (Å²) in [6.07, 6.45) is 3.78. The molecule has 0 saturated carbocycles. The zero-order chi connectivity index (χ0) is 11.8. The molecule has 1 aromatic heterocycles. The average Bonchev–Trinajstić information content (AvgIpc) is 2.70. The molecule has 0 saturated heterocycles. The Bertz CT molecular complexity index is 287. The van der Waals surface area contributed by atoms with Crippen LogP contribution in [-0.2, 0) is 11.3 Å². The van der Waals surface area contributed by atoms with Crippen molar-refractivity contribution in [3.8, 4) is 0 Å². The molecule has 0 aliphatic heterocycles. The first-order valence-corrected chi connectivity index (χ1v) is 5.67. The van der Waals surface area contributed by atoms with Gasteiger partial charge in [-0.25, -0.2) is 0 Å². The maximum Gasteiger partial charge on any atom is 0.0726 e. The number of aromatic nitrogens is 2. The van der Waals surface area contributed by atoms with Gasteiger partial charge < -0.3 is 15.2 Å². The number of aliphatic hydroxyl groups is 1. The maximum atomic E-state index is 8.53. The first kappa shape index (κ1) is 13.0. The Balaban J connectivity index is 2.22. The molecular formula is C11H21N3O2. The van der Waals surface area contributed by atoms with E-state index in [0.29, 0.717) is 25.7 Å². The van der Waals surface area contributed by atoms with E-state index in [1.807, 2.05) is 17.1 Å². The standard InChI is InChI=1S/C11H21N3O2/c1-10(2)7-12-11-8-13-14(9-11)3-5-16-6-4-15/h8-10,12,15H,3-7H2,1-2H3. The van der Waals surface area contributed by atoms with Gasteiger partial charge in [0.15, 0.2) is 0 Å². The summed E-state index contributed by atoms with van der Waals surface area (Å²) in [5.41, 5.74) is 1.04. The van der Waals surface area contributed by atoms with Crippen molar-refractivity contribution < 1.29 is 9.84 Å². The molecule has 0 radical (unpaired) electrons. The van der Waals surface area contributed by atoms with E-state index >= 15 is 0 Å². The smallest absolute Gasteiger partial charge is 0.0726 e. The molecule has 0 bridgehead atoms. The highest BCUT2D eigenvalue weighted by Crippen LogP contribution is 2.05. The van der Waals surface area contributed by atoms with Gasteiger partial charge in [0.2, 0.25) is 0 Å². The van der Waals surface area contributed by atoms with E-state index in [1.165, 1.54) is 0 Å². The lowest BCUT2D eigenvalue weighted by atomic mass is 10.2. The molecule has 5 heteroatoms. The summed E-state index contributed by atoms with van der Waals surface area (Å²) >= 11 is 0. The highest BCUT2D eigenvalue weighted by atomic mass is 16.5. The lowest BCUT2D eigenvalue weighted by molar-refractivity contribution is 0.0854. The van der Waals surface area contributed by atoms with Gasteiger partial charge >= 0.3 is 0 Å². The van der Waals surface area contributed by atoms with Crippen LogP contribution in [-0.4, -0.2) is 41.3 Å². The van der Waals surface area contributed by atoms with E-state index in [1.54, 1.807) is 0 Å². The minimum Gasteiger partial charge on any atom is -0.394 e. The monoisotopic (exact) mass is 227 g/mol. The van der Waals surface area contributed by atoms with E-state index < -0.39 is 0 Å². The lowest BCUT2D eigenvalue weighted by Crippen LogP contribution is -2.09. The third kappa shape index (κ3) is 5.14. The number of aliphatic hydroxyl groups excluding tert-OH is 1. The molecule has 0 aromatic carbocycles. The van der Waals surface area contributed by atoms with E-state index in [2.05, 4.69) is 24.3 Å². The number of hydrogen-bond donors (Lipinski definition) is 2. The first-order chi connectivity index (χ1) is 7.72. The Morgan fingerprint density at radius 2 is 2.31 bits per heavy atom. The summed E-state index contributed by atoms with van der Waals surface area (Å²) in [6.45, 7) is 7.03. The van der Waals surface area contributed by atoms with Crippen LogP contribution >= 0.6 is 0 Å². The van der Waals surface area contributed by atoms with E-state index in [9.17, 15) is 0 Å². The largest absolute Gasteiger partial charge is 0.394 e. The summed E-state index contributed by atoms with van der Waals surface area (Å²) in [5, 5.41) is 16.0. The number of ether oxygens (including phenoxy) is 1. The normalized spacial score (nSPS) is 11.0. The second-order valence-corrected chi connectivity index (χ2v) is 4.10. The average molecular weight is 227 g/mol. The van der Waals surface area contributed by atoms with Gasteiger partial charge in [0.25, 0.3) is 0 Å². The molecule has 1 aromatic rings. The molecule has 2 N–H and O–H groups in total. The molecule has 0 spiro atoms. The van der Waals surface area contributed by atoms with Gasteiger partial charge in [0.05, 0.1) is 38.2 Å². The zero-order valence-electron chi connectivity index (χ0n) is 10.0. The summed E-state index contributed by atoms with van der Waals surface area (Å²) in [7, 11) is 0. The molecule has 1 heterocycles. The summed E-state index contributed by atoms with van der Waals surface area (Å²) < 4.78 is 7.00. The first-order valence-electron chi connectivity index (χ1n) is 5.67. The van der Waals surface area contributed by atoms with Crippen molar-refractivity contribution in [1.82, 2.24) is 9.78 Å². The van der Waals surface area contributed by atoms with Crippen molar-refractivity contribution in [2.45, 2.75) is 20.4 Å². The van der Waals surface area contributed by atoms with E-state index in [-0.39, 0.29) is 6.61 Å². The Hall–Kier alpha value is -1.07. The predicted octanol–water partition coefficient (Wildman–Crippen LogP) is 0.960. The molecule has 0 amide bonds. The van der Waals surface area contributed by atoms with Crippen LogP contribution in [0.5, 0.6) is 0 Å². The summed E-state index contributed by atoms with van der Waals surface area (Å²) in [6, 6.07) is 0. The lowest BCUT2D eigenvalue weighted by Gasteiger charge is -2.05. The molecule has 0 aliphatic carbocycles. The quantitative estimate of drug-likeness (QED) is 0.649. The number of nitrogens with one attached hydrogen (secondary N) is 1. The van der Waals surface area contributed by atoms with Crippen LogP contribution < -0.4 is 5.32 Å². The van der Waals surface area contributed by atoms with Gasteiger partial charge in [-0.3, -0.25) is 4.68 Å². The van der Waals surface area contributed by atoms with Gasteiger partial charge in [0, 0.05) is 12.7 Å². The third-order valence-electron chi connectivity index (χ3n) is 2.05. The van der Waals surface area contributed by atoms with Crippen molar-refractivity contribution in [2.75, 3.05) is 31.7 Å².